The number of hydrogen-bond acceptors (Lipinski definition) is 3. The number of carbonyl (C=O) groups excluding carboxylic acids is 2. The molecule has 0 bridgehead atoms. The van der Waals surface area contributed by atoms with Crippen molar-refractivity contribution in [3.63, 3.8) is 0 Å². The summed E-state index contributed by atoms with van der Waals surface area (Å²) in [7, 11) is 0. The van der Waals surface area contributed by atoms with Gasteiger partial charge >= 0.3 is 6.03 Å². The van der Waals surface area contributed by atoms with Crippen molar-refractivity contribution in [2.45, 2.75) is 0 Å². The molecule has 5 nitrogen and oxygen atoms in total. The highest BCUT2D eigenvalue weighted by Gasteiger charge is 2.13. The normalized spacial score (nSPS) is 10.3. The van der Waals surface area contributed by atoms with E-state index >= 15 is 0 Å². The molecular weight excluding hydrogens is 290 g/mol. The van der Waals surface area contributed by atoms with Gasteiger partial charge in [0.2, 0.25) is 0 Å². The zero-order valence-corrected chi connectivity index (χ0v) is 12.2. The summed E-state index contributed by atoms with van der Waals surface area (Å²) in [6.07, 6.45) is 0. The van der Waals surface area contributed by atoms with Crippen LogP contribution in [0.15, 0.2) is 66.7 Å². The van der Waals surface area contributed by atoms with Crippen LogP contribution in [0.3, 0.4) is 0 Å². The number of nitrogen functional groups attached to an aromatic ring is 1. The Morgan fingerprint density at radius 3 is 2.35 bits per heavy atom. The van der Waals surface area contributed by atoms with E-state index in [1.54, 1.807) is 30.3 Å². The molecule has 4 N–H and O–H groups in total. The third-order valence-electron chi connectivity index (χ3n) is 3.47. The Morgan fingerprint density at radius 2 is 1.52 bits per heavy atom. The average Bonchev–Trinajstić information content (AvgIpc) is 2.55. The quantitative estimate of drug-likeness (QED) is 0.634. The van der Waals surface area contributed by atoms with Gasteiger partial charge in [0.15, 0.2) is 0 Å². The number of imide groups is 1. The summed E-state index contributed by atoms with van der Waals surface area (Å²) in [5.41, 5.74) is 6.95. The molecule has 23 heavy (non-hydrogen) atoms. The number of anilines is 2. The van der Waals surface area contributed by atoms with Crippen molar-refractivity contribution in [3.8, 4) is 0 Å². The second-order valence-electron chi connectivity index (χ2n) is 5.02. The maximum absolute atomic E-state index is 12.1. The SMILES string of the molecule is Nc1ccccc1C(=O)NC(=O)Nc1cccc2ccccc12. The van der Waals surface area contributed by atoms with Gasteiger partial charge in [0.1, 0.15) is 0 Å². The van der Waals surface area contributed by atoms with Gasteiger partial charge in [0, 0.05) is 11.1 Å². The summed E-state index contributed by atoms with van der Waals surface area (Å²) in [5, 5.41) is 6.88. The first kappa shape index (κ1) is 14.6. The molecule has 114 valence electrons. The molecule has 0 atom stereocenters. The predicted octanol–water partition coefficient (Wildman–Crippen LogP) is 3.38. The Hall–Kier alpha value is -3.34. The van der Waals surface area contributed by atoms with Gasteiger partial charge in [-0.2, -0.15) is 0 Å². The van der Waals surface area contributed by atoms with Crippen molar-refractivity contribution in [2.24, 2.45) is 0 Å². The fourth-order valence-corrected chi connectivity index (χ4v) is 2.36. The predicted molar refractivity (Wildman–Crippen MR) is 91.3 cm³/mol. The van der Waals surface area contributed by atoms with E-state index in [4.69, 9.17) is 5.73 Å². The van der Waals surface area contributed by atoms with E-state index in [-0.39, 0.29) is 5.56 Å². The lowest BCUT2D eigenvalue weighted by molar-refractivity contribution is 0.0968. The first-order valence-corrected chi connectivity index (χ1v) is 7.10. The zero-order chi connectivity index (χ0) is 16.2. The molecule has 0 saturated heterocycles. The van der Waals surface area contributed by atoms with Gasteiger partial charge in [-0.15, -0.1) is 0 Å². The van der Waals surface area contributed by atoms with Gasteiger partial charge in [0.25, 0.3) is 5.91 Å². The highest BCUT2D eigenvalue weighted by atomic mass is 16.2. The molecule has 3 amide bonds. The molecule has 0 saturated carbocycles. The molecule has 3 aromatic carbocycles. The third-order valence-corrected chi connectivity index (χ3v) is 3.47. The van der Waals surface area contributed by atoms with E-state index in [1.165, 1.54) is 0 Å². The molecule has 0 heterocycles. The summed E-state index contributed by atoms with van der Waals surface area (Å²) in [5.74, 6) is -0.541. The van der Waals surface area contributed by atoms with Crippen LogP contribution >= 0.6 is 0 Å². The highest BCUT2D eigenvalue weighted by Crippen LogP contribution is 2.22. The molecule has 0 aromatic heterocycles. The van der Waals surface area contributed by atoms with Crippen LogP contribution in [0, 0.1) is 0 Å². The number of rotatable bonds is 2. The maximum Gasteiger partial charge on any atom is 0.326 e. The van der Waals surface area contributed by atoms with Crippen LogP contribution in [0.25, 0.3) is 10.8 Å². The van der Waals surface area contributed by atoms with Crippen LogP contribution in [-0.2, 0) is 0 Å². The van der Waals surface area contributed by atoms with Gasteiger partial charge in [-0.3, -0.25) is 10.1 Å². The van der Waals surface area contributed by atoms with Crippen molar-refractivity contribution in [2.75, 3.05) is 11.1 Å². The Balaban J connectivity index is 1.77. The fourth-order valence-electron chi connectivity index (χ4n) is 2.36. The molecule has 0 aliphatic heterocycles. The number of hydrogen-bond donors (Lipinski definition) is 3. The Labute approximate surface area is 133 Å². The van der Waals surface area contributed by atoms with Crippen LogP contribution in [-0.4, -0.2) is 11.9 Å². The first-order valence-electron chi connectivity index (χ1n) is 7.10. The number of fused-ring (bicyclic) bond motifs is 1. The van der Waals surface area contributed by atoms with Crippen LogP contribution in [0.2, 0.25) is 0 Å². The van der Waals surface area contributed by atoms with Crippen molar-refractivity contribution in [1.29, 1.82) is 0 Å². The first-order chi connectivity index (χ1) is 11.1. The molecule has 0 radical (unpaired) electrons. The van der Waals surface area contributed by atoms with Crippen LogP contribution in [0.1, 0.15) is 10.4 Å². The zero-order valence-electron chi connectivity index (χ0n) is 12.2. The van der Waals surface area contributed by atoms with Gasteiger partial charge in [-0.05, 0) is 23.6 Å². The largest absolute Gasteiger partial charge is 0.398 e. The van der Waals surface area contributed by atoms with E-state index in [1.807, 2.05) is 36.4 Å². The molecule has 5 heteroatoms. The minimum Gasteiger partial charge on any atom is -0.398 e. The van der Waals surface area contributed by atoms with Gasteiger partial charge in [0.05, 0.1) is 11.3 Å². The van der Waals surface area contributed by atoms with Gasteiger partial charge < -0.3 is 11.1 Å². The monoisotopic (exact) mass is 305 g/mol. The smallest absolute Gasteiger partial charge is 0.326 e. The maximum atomic E-state index is 12.1. The standard InChI is InChI=1S/C18H15N3O2/c19-15-10-4-3-9-14(15)17(22)21-18(23)20-16-11-5-7-12-6-1-2-8-13(12)16/h1-11H,19H2,(H2,20,21,22,23). The van der Waals surface area contributed by atoms with E-state index < -0.39 is 11.9 Å². The summed E-state index contributed by atoms with van der Waals surface area (Å²) in [4.78, 5) is 24.1. The third kappa shape index (κ3) is 3.13. The van der Waals surface area contributed by atoms with Gasteiger partial charge in [-0.1, -0.05) is 48.5 Å². The average molecular weight is 305 g/mol. The second kappa shape index (κ2) is 6.19. The Kier molecular flexibility index (Phi) is 3.93. The molecular formula is C18H15N3O2. The van der Waals surface area contributed by atoms with Gasteiger partial charge in [-0.25, -0.2) is 4.79 Å². The number of nitrogens with one attached hydrogen (secondary N) is 2. The number of para-hydroxylation sites is 1. The number of urea groups is 1. The highest BCUT2D eigenvalue weighted by molar-refractivity contribution is 6.11. The summed E-state index contributed by atoms with van der Waals surface area (Å²) < 4.78 is 0. The van der Waals surface area contributed by atoms with Crippen LogP contribution in [0.4, 0.5) is 16.2 Å². The molecule has 0 aliphatic rings. The van der Waals surface area contributed by atoms with Crippen molar-refractivity contribution in [1.82, 2.24) is 5.32 Å². The second-order valence-corrected chi connectivity index (χ2v) is 5.02. The van der Waals surface area contributed by atoms with Crippen molar-refractivity contribution < 1.29 is 9.59 Å². The van der Waals surface area contributed by atoms with E-state index in [0.29, 0.717) is 11.4 Å². The fraction of sp³-hybridized carbons (Fsp3) is 0. The topological polar surface area (TPSA) is 84.2 Å². The molecule has 0 fully saturated rings. The van der Waals surface area contributed by atoms with E-state index in [0.717, 1.165) is 10.8 Å². The lowest BCUT2D eigenvalue weighted by Crippen LogP contribution is -2.34. The van der Waals surface area contributed by atoms with Crippen LogP contribution in [0.5, 0.6) is 0 Å². The van der Waals surface area contributed by atoms with E-state index in [2.05, 4.69) is 10.6 Å². The number of carbonyl (C=O) groups is 2. The molecule has 0 unspecified atom stereocenters. The molecule has 3 rings (SSSR count). The minimum absolute atomic E-state index is 0.264. The number of amides is 3. The van der Waals surface area contributed by atoms with E-state index in [9.17, 15) is 9.59 Å². The Bertz CT molecular complexity index is 885. The summed E-state index contributed by atoms with van der Waals surface area (Å²) in [6.45, 7) is 0. The molecule has 0 aliphatic carbocycles. The van der Waals surface area contributed by atoms with Crippen LogP contribution < -0.4 is 16.4 Å². The Morgan fingerprint density at radius 1 is 0.826 bits per heavy atom. The summed E-state index contributed by atoms with van der Waals surface area (Å²) >= 11 is 0. The number of benzene rings is 3. The van der Waals surface area contributed by atoms with Crippen molar-refractivity contribution >= 4 is 34.1 Å². The molecule has 0 spiro atoms. The molecule has 3 aromatic rings. The minimum atomic E-state index is -0.602. The van der Waals surface area contributed by atoms with Crippen molar-refractivity contribution in [3.05, 3.63) is 72.3 Å². The number of nitrogens with two attached hydrogens (primary N) is 1. The lowest BCUT2D eigenvalue weighted by Gasteiger charge is -2.10. The lowest BCUT2D eigenvalue weighted by atomic mass is 10.1. The summed E-state index contributed by atoms with van der Waals surface area (Å²) in [6, 6.07) is 19.2.